The summed E-state index contributed by atoms with van der Waals surface area (Å²) in [6.45, 7) is 0. The van der Waals surface area contributed by atoms with Crippen molar-refractivity contribution in [1.82, 2.24) is 0 Å². The summed E-state index contributed by atoms with van der Waals surface area (Å²) in [5.41, 5.74) is -0.232. The van der Waals surface area contributed by atoms with Crippen molar-refractivity contribution >= 4 is 52.1 Å². The fourth-order valence-electron chi connectivity index (χ4n) is 2.40. The van der Waals surface area contributed by atoms with Crippen LogP contribution in [0.4, 0.5) is 28.4 Å². The quantitative estimate of drug-likeness (QED) is 0.290. The first kappa shape index (κ1) is 19.9. The summed E-state index contributed by atoms with van der Waals surface area (Å²) in [6.07, 6.45) is -4.39. The average Bonchev–Trinajstić information content (AvgIpc) is 2.89. The van der Waals surface area contributed by atoms with Gasteiger partial charge >= 0.3 is 12.3 Å². The molecule has 0 unspecified atom stereocenters. The third-order valence-corrected chi connectivity index (χ3v) is 5.03. The Labute approximate surface area is 166 Å². The van der Waals surface area contributed by atoms with Crippen molar-refractivity contribution in [2.24, 2.45) is 0 Å². The van der Waals surface area contributed by atoms with Gasteiger partial charge in [-0.05, 0) is 53.7 Å². The van der Waals surface area contributed by atoms with E-state index in [2.05, 4.69) is 4.74 Å². The van der Waals surface area contributed by atoms with E-state index in [1.165, 1.54) is 24.3 Å². The number of nitrogens with zero attached hydrogens (tertiary/aromatic N) is 1. The molecule has 0 radical (unpaired) electrons. The molecule has 0 atom stereocenters. The number of carboxylic acid groups (broad SMARTS) is 1. The number of thiocarbonyl (C=S) groups is 1. The standard InChI is InChI=1S/C18H10F3NO4S2/c19-18(20,21)11-2-1-3-12(9-11)22-15(27)14(28-16(22)23)8-10-4-6-13(7-5-10)26-17(24)25/h1-9H,(H,24,25). The van der Waals surface area contributed by atoms with Gasteiger partial charge in [-0.1, -0.05) is 30.4 Å². The molecule has 0 aliphatic carbocycles. The zero-order valence-corrected chi connectivity index (χ0v) is 15.4. The Bertz CT molecular complexity index is 987. The van der Waals surface area contributed by atoms with Gasteiger partial charge in [0.15, 0.2) is 0 Å². The molecule has 1 aliphatic heterocycles. The van der Waals surface area contributed by atoms with E-state index in [9.17, 15) is 22.8 Å². The highest BCUT2D eigenvalue weighted by atomic mass is 32.2. The molecule has 0 spiro atoms. The zero-order valence-electron chi connectivity index (χ0n) is 13.8. The van der Waals surface area contributed by atoms with Crippen LogP contribution < -0.4 is 9.64 Å². The van der Waals surface area contributed by atoms with Gasteiger partial charge in [-0.25, -0.2) is 4.79 Å². The fourth-order valence-corrected chi connectivity index (χ4v) is 3.68. The lowest BCUT2D eigenvalue weighted by molar-refractivity contribution is -0.137. The molecule has 10 heteroatoms. The van der Waals surface area contributed by atoms with Crippen LogP contribution >= 0.6 is 24.0 Å². The third-order valence-electron chi connectivity index (χ3n) is 3.61. The largest absolute Gasteiger partial charge is 0.511 e. The van der Waals surface area contributed by atoms with Gasteiger partial charge in [0.25, 0.3) is 5.24 Å². The fraction of sp³-hybridized carbons (Fsp3) is 0.0556. The van der Waals surface area contributed by atoms with Crippen molar-refractivity contribution in [2.75, 3.05) is 4.90 Å². The molecule has 1 saturated heterocycles. The summed E-state index contributed by atoms with van der Waals surface area (Å²) in [5.74, 6) is 0.123. The Hall–Kier alpha value is -2.85. The number of halogens is 3. The highest BCUT2D eigenvalue weighted by molar-refractivity contribution is 8.20. The second-order valence-corrected chi connectivity index (χ2v) is 6.88. The number of rotatable bonds is 3. The van der Waals surface area contributed by atoms with Gasteiger partial charge in [0.05, 0.1) is 16.2 Å². The molecule has 2 aromatic carbocycles. The van der Waals surface area contributed by atoms with E-state index < -0.39 is 23.1 Å². The number of hydrogen-bond donors (Lipinski definition) is 1. The van der Waals surface area contributed by atoms with Crippen LogP contribution in [0, 0.1) is 0 Å². The van der Waals surface area contributed by atoms with Gasteiger partial charge in [-0.2, -0.15) is 13.2 Å². The van der Waals surface area contributed by atoms with E-state index in [1.807, 2.05) is 0 Å². The maximum atomic E-state index is 12.9. The van der Waals surface area contributed by atoms with Gasteiger partial charge in [-0.15, -0.1) is 0 Å². The minimum atomic E-state index is -4.54. The highest BCUT2D eigenvalue weighted by Gasteiger charge is 2.35. The van der Waals surface area contributed by atoms with Crippen LogP contribution in [-0.2, 0) is 6.18 Å². The Morgan fingerprint density at radius 1 is 1.18 bits per heavy atom. The van der Waals surface area contributed by atoms with Gasteiger partial charge in [0, 0.05) is 0 Å². The molecule has 1 aliphatic rings. The number of anilines is 1. The molecule has 3 rings (SSSR count). The van der Waals surface area contributed by atoms with E-state index in [0.717, 1.165) is 28.8 Å². The van der Waals surface area contributed by atoms with E-state index in [-0.39, 0.29) is 16.4 Å². The second-order valence-electron chi connectivity index (χ2n) is 5.50. The molecular formula is C18H10F3NO4S2. The third kappa shape index (κ3) is 4.34. The number of carbonyl (C=O) groups excluding carboxylic acids is 1. The summed E-state index contributed by atoms with van der Waals surface area (Å²) in [4.78, 5) is 24.3. The van der Waals surface area contributed by atoms with Crippen LogP contribution in [-0.4, -0.2) is 21.5 Å². The lowest BCUT2D eigenvalue weighted by Crippen LogP contribution is -2.26. The van der Waals surface area contributed by atoms with Crippen LogP contribution in [0.5, 0.6) is 5.75 Å². The number of hydrogen-bond acceptors (Lipinski definition) is 5. The topological polar surface area (TPSA) is 66.8 Å². The number of benzene rings is 2. The summed E-state index contributed by atoms with van der Waals surface area (Å²) in [6, 6.07) is 10.3. The molecule has 28 heavy (non-hydrogen) atoms. The van der Waals surface area contributed by atoms with Gasteiger partial charge < -0.3 is 9.84 Å². The Morgan fingerprint density at radius 2 is 1.86 bits per heavy atom. The van der Waals surface area contributed by atoms with Gasteiger partial charge in [-0.3, -0.25) is 9.69 Å². The van der Waals surface area contributed by atoms with E-state index in [4.69, 9.17) is 17.3 Å². The van der Waals surface area contributed by atoms with Crippen molar-refractivity contribution in [3.8, 4) is 5.75 Å². The summed E-state index contributed by atoms with van der Waals surface area (Å²) >= 11 is 6.07. The first-order valence-corrected chi connectivity index (χ1v) is 8.84. The van der Waals surface area contributed by atoms with Crippen molar-refractivity contribution in [3.05, 3.63) is 64.6 Å². The Kier molecular flexibility index (Phi) is 5.43. The molecule has 0 aromatic heterocycles. The second kappa shape index (κ2) is 7.64. The van der Waals surface area contributed by atoms with Crippen molar-refractivity contribution in [2.45, 2.75) is 6.18 Å². The van der Waals surface area contributed by atoms with Crippen LogP contribution in [0.3, 0.4) is 0 Å². The minimum Gasteiger partial charge on any atom is -0.449 e. The minimum absolute atomic E-state index is 0.0333. The van der Waals surface area contributed by atoms with Crippen LogP contribution in [0.1, 0.15) is 11.1 Å². The molecule has 1 amide bonds. The number of ether oxygens (including phenoxy) is 1. The Balaban J connectivity index is 1.86. The number of amides is 1. The lowest BCUT2D eigenvalue weighted by atomic mass is 10.1. The maximum Gasteiger partial charge on any atom is 0.511 e. The number of alkyl halides is 3. The lowest BCUT2D eigenvalue weighted by Gasteiger charge is -2.16. The highest BCUT2D eigenvalue weighted by Crippen LogP contribution is 2.39. The first-order chi connectivity index (χ1) is 13.1. The molecule has 5 nitrogen and oxygen atoms in total. The smallest absolute Gasteiger partial charge is 0.449 e. The number of thioether (sulfide) groups is 1. The predicted octanol–water partition coefficient (Wildman–Crippen LogP) is 5.80. The summed E-state index contributed by atoms with van der Waals surface area (Å²) in [5, 5.41) is 8.06. The van der Waals surface area contributed by atoms with E-state index in [0.29, 0.717) is 10.5 Å². The van der Waals surface area contributed by atoms with Gasteiger partial charge in [0.2, 0.25) is 0 Å². The van der Waals surface area contributed by atoms with Crippen molar-refractivity contribution < 1.29 is 32.6 Å². The molecule has 1 N–H and O–H groups in total. The first-order valence-electron chi connectivity index (χ1n) is 7.61. The predicted molar refractivity (Wildman–Crippen MR) is 103 cm³/mol. The number of carbonyl (C=O) groups is 2. The van der Waals surface area contributed by atoms with Crippen LogP contribution in [0.2, 0.25) is 0 Å². The maximum absolute atomic E-state index is 12.9. The monoisotopic (exact) mass is 425 g/mol. The normalized spacial score (nSPS) is 16.0. The summed E-state index contributed by atoms with van der Waals surface area (Å²) < 4.78 is 43.3. The molecule has 2 aromatic rings. The van der Waals surface area contributed by atoms with Crippen molar-refractivity contribution in [3.63, 3.8) is 0 Å². The molecule has 1 fully saturated rings. The van der Waals surface area contributed by atoms with E-state index in [1.54, 1.807) is 18.2 Å². The van der Waals surface area contributed by atoms with Gasteiger partial charge in [0.1, 0.15) is 10.7 Å². The molecule has 0 bridgehead atoms. The SMILES string of the molecule is O=C(O)Oc1ccc(C=C2SC(=O)N(c3cccc(C(F)(F)F)c3)C2=S)cc1. The summed E-state index contributed by atoms with van der Waals surface area (Å²) in [7, 11) is 0. The molecule has 0 saturated carbocycles. The molecule has 1 heterocycles. The van der Waals surface area contributed by atoms with Crippen LogP contribution in [0.15, 0.2) is 53.4 Å². The average molecular weight is 425 g/mol. The Morgan fingerprint density at radius 3 is 2.46 bits per heavy atom. The van der Waals surface area contributed by atoms with E-state index >= 15 is 0 Å². The van der Waals surface area contributed by atoms with Crippen LogP contribution in [0.25, 0.3) is 6.08 Å². The molecule has 144 valence electrons. The molecular weight excluding hydrogens is 415 g/mol. The van der Waals surface area contributed by atoms with Crippen molar-refractivity contribution in [1.29, 1.82) is 0 Å². The zero-order chi connectivity index (χ0) is 20.5.